The molecule has 0 heterocycles. The zero-order chi connectivity index (χ0) is 20.5. The minimum atomic E-state index is -0.324. The molecular formula is C24H24N2O3. The Morgan fingerprint density at radius 1 is 0.862 bits per heavy atom. The average Bonchev–Trinajstić information content (AvgIpc) is 2.77. The van der Waals surface area contributed by atoms with E-state index in [4.69, 9.17) is 4.74 Å². The molecule has 0 aromatic heterocycles. The molecule has 5 heteroatoms. The number of ether oxygens (including phenoxy) is 1. The molecule has 0 saturated carbocycles. The van der Waals surface area contributed by atoms with Crippen molar-refractivity contribution >= 4 is 17.5 Å². The molecule has 0 radical (unpaired) electrons. The molecule has 0 unspecified atom stereocenters. The van der Waals surface area contributed by atoms with Crippen molar-refractivity contribution in [3.8, 4) is 5.75 Å². The second kappa shape index (κ2) is 10.1. The van der Waals surface area contributed by atoms with Crippen LogP contribution in [0.5, 0.6) is 5.75 Å². The van der Waals surface area contributed by atoms with Crippen LogP contribution < -0.4 is 15.4 Å². The van der Waals surface area contributed by atoms with E-state index in [1.807, 2.05) is 54.6 Å². The van der Waals surface area contributed by atoms with Crippen molar-refractivity contribution < 1.29 is 14.3 Å². The van der Waals surface area contributed by atoms with Gasteiger partial charge in [-0.2, -0.15) is 0 Å². The first kappa shape index (κ1) is 20.1. The van der Waals surface area contributed by atoms with Gasteiger partial charge in [0.05, 0.1) is 11.3 Å². The predicted octanol–water partition coefficient (Wildman–Crippen LogP) is 4.20. The lowest BCUT2D eigenvalue weighted by atomic mass is 10.1. The summed E-state index contributed by atoms with van der Waals surface area (Å²) in [5, 5.41) is 5.64. The molecule has 148 valence electrons. The number of hydrogen-bond donors (Lipinski definition) is 2. The van der Waals surface area contributed by atoms with Gasteiger partial charge in [0.1, 0.15) is 5.75 Å². The van der Waals surface area contributed by atoms with Gasteiger partial charge in [0.15, 0.2) is 6.61 Å². The van der Waals surface area contributed by atoms with E-state index in [0.29, 0.717) is 23.5 Å². The maximum Gasteiger partial charge on any atom is 0.262 e. The fourth-order valence-corrected chi connectivity index (χ4v) is 2.85. The molecule has 0 aliphatic heterocycles. The van der Waals surface area contributed by atoms with Gasteiger partial charge in [0.25, 0.3) is 11.8 Å². The molecule has 3 aromatic carbocycles. The molecule has 29 heavy (non-hydrogen) atoms. The van der Waals surface area contributed by atoms with Crippen molar-refractivity contribution in [3.05, 3.63) is 95.6 Å². The van der Waals surface area contributed by atoms with Gasteiger partial charge in [-0.05, 0) is 41.8 Å². The van der Waals surface area contributed by atoms with Crippen LogP contribution in [0.4, 0.5) is 5.69 Å². The number of para-hydroxylation sites is 1. The smallest absolute Gasteiger partial charge is 0.262 e. The molecule has 0 bridgehead atoms. The standard InChI is InChI=1S/C24H24N2O3/c1-2-18-11-8-12-20(15-18)29-17-23(27)26-22-14-7-6-13-21(22)24(28)25-16-19-9-4-3-5-10-19/h3-15H,2,16-17H2,1H3,(H,25,28)(H,26,27). The van der Waals surface area contributed by atoms with E-state index in [-0.39, 0.29) is 18.4 Å². The van der Waals surface area contributed by atoms with Gasteiger partial charge in [0, 0.05) is 6.54 Å². The highest BCUT2D eigenvalue weighted by atomic mass is 16.5. The van der Waals surface area contributed by atoms with Gasteiger partial charge < -0.3 is 15.4 Å². The molecule has 0 saturated heterocycles. The molecule has 0 atom stereocenters. The van der Waals surface area contributed by atoms with Gasteiger partial charge in [-0.1, -0.05) is 61.5 Å². The lowest BCUT2D eigenvalue weighted by Crippen LogP contribution is -2.26. The highest BCUT2D eigenvalue weighted by Gasteiger charge is 2.13. The number of carbonyl (C=O) groups excluding carboxylic acids is 2. The number of hydrogen-bond acceptors (Lipinski definition) is 3. The van der Waals surface area contributed by atoms with Gasteiger partial charge in [-0.25, -0.2) is 0 Å². The molecular weight excluding hydrogens is 364 g/mol. The van der Waals surface area contributed by atoms with Crippen molar-refractivity contribution in [2.45, 2.75) is 19.9 Å². The van der Waals surface area contributed by atoms with E-state index in [1.165, 1.54) is 0 Å². The maximum atomic E-state index is 12.6. The van der Waals surface area contributed by atoms with Crippen LogP contribution in [0, 0.1) is 0 Å². The minimum absolute atomic E-state index is 0.132. The highest BCUT2D eigenvalue weighted by molar-refractivity contribution is 6.04. The Morgan fingerprint density at radius 3 is 2.38 bits per heavy atom. The van der Waals surface area contributed by atoms with Gasteiger partial charge in [-0.15, -0.1) is 0 Å². The largest absolute Gasteiger partial charge is 0.484 e. The quantitative estimate of drug-likeness (QED) is 0.608. The van der Waals surface area contributed by atoms with Crippen LogP contribution in [-0.2, 0) is 17.8 Å². The SMILES string of the molecule is CCc1cccc(OCC(=O)Nc2ccccc2C(=O)NCc2ccccc2)c1. The third-order valence-corrected chi connectivity index (χ3v) is 4.42. The summed E-state index contributed by atoms with van der Waals surface area (Å²) in [6, 6.07) is 24.2. The van der Waals surface area contributed by atoms with E-state index >= 15 is 0 Å². The first-order chi connectivity index (χ1) is 14.2. The Labute approximate surface area is 170 Å². The molecule has 3 rings (SSSR count). The van der Waals surface area contributed by atoms with Crippen LogP contribution in [0.3, 0.4) is 0 Å². The summed E-state index contributed by atoms with van der Waals surface area (Å²) in [6.45, 7) is 2.34. The first-order valence-electron chi connectivity index (χ1n) is 9.58. The van der Waals surface area contributed by atoms with Crippen molar-refractivity contribution in [1.29, 1.82) is 0 Å². The lowest BCUT2D eigenvalue weighted by molar-refractivity contribution is -0.118. The number of benzene rings is 3. The highest BCUT2D eigenvalue weighted by Crippen LogP contribution is 2.16. The number of amides is 2. The van der Waals surface area contributed by atoms with Crippen molar-refractivity contribution in [3.63, 3.8) is 0 Å². The van der Waals surface area contributed by atoms with Crippen LogP contribution in [0.15, 0.2) is 78.9 Å². The average molecular weight is 388 g/mol. The van der Waals surface area contributed by atoms with Crippen molar-refractivity contribution in [2.75, 3.05) is 11.9 Å². The zero-order valence-corrected chi connectivity index (χ0v) is 16.4. The number of aryl methyl sites for hydroxylation is 1. The van der Waals surface area contributed by atoms with Gasteiger partial charge >= 0.3 is 0 Å². The minimum Gasteiger partial charge on any atom is -0.484 e. The maximum absolute atomic E-state index is 12.6. The summed E-state index contributed by atoms with van der Waals surface area (Å²) in [6.07, 6.45) is 0.898. The Morgan fingerprint density at radius 2 is 1.59 bits per heavy atom. The molecule has 0 spiro atoms. The molecule has 0 aliphatic carbocycles. The Balaban J connectivity index is 1.59. The second-order valence-corrected chi connectivity index (χ2v) is 6.55. The van der Waals surface area contributed by atoms with E-state index < -0.39 is 0 Å². The Kier molecular flexibility index (Phi) is 7.00. The fraction of sp³-hybridized carbons (Fsp3) is 0.167. The monoisotopic (exact) mass is 388 g/mol. The first-order valence-corrected chi connectivity index (χ1v) is 9.58. The molecule has 5 nitrogen and oxygen atoms in total. The molecule has 0 aliphatic rings. The summed E-state index contributed by atoms with van der Waals surface area (Å²) in [4.78, 5) is 24.9. The van der Waals surface area contributed by atoms with Gasteiger partial charge in [-0.3, -0.25) is 9.59 Å². The third kappa shape index (κ3) is 5.94. The summed E-state index contributed by atoms with van der Waals surface area (Å²) < 4.78 is 5.58. The lowest BCUT2D eigenvalue weighted by Gasteiger charge is -2.12. The summed E-state index contributed by atoms with van der Waals surface area (Å²) in [5.41, 5.74) is 3.01. The normalized spacial score (nSPS) is 10.2. The van der Waals surface area contributed by atoms with Crippen molar-refractivity contribution in [2.24, 2.45) is 0 Å². The van der Waals surface area contributed by atoms with E-state index in [0.717, 1.165) is 17.5 Å². The fourth-order valence-electron chi connectivity index (χ4n) is 2.85. The summed E-state index contributed by atoms with van der Waals surface area (Å²) in [5.74, 6) is 0.0740. The van der Waals surface area contributed by atoms with Crippen LogP contribution >= 0.6 is 0 Å². The Hall–Kier alpha value is -3.60. The summed E-state index contributed by atoms with van der Waals surface area (Å²) in [7, 11) is 0. The molecule has 2 amide bonds. The third-order valence-electron chi connectivity index (χ3n) is 4.42. The molecule has 0 fully saturated rings. The van der Waals surface area contributed by atoms with E-state index in [1.54, 1.807) is 24.3 Å². The summed E-state index contributed by atoms with van der Waals surface area (Å²) >= 11 is 0. The van der Waals surface area contributed by atoms with Crippen LogP contribution in [0.1, 0.15) is 28.4 Å². The number of rotatable bonds is 8. The van der Waals surface area contributed by atoms with Crippen LogP contribution in [0.25, 0.3) is 0 Å². The Bertz CT molecular complexity index is 971. The van der Waals surface area contributed by atoms with Gasteiger partial charge in [0.2, 0.25) is 0 Å². The van der Waals surface area contributed by atoms with E-state index in [9.17, 15) is 9.59 Å². The number of carbonyl (C=O) groups is 2. The van der Waals surface area contributed by atoms with Crippen molar-refractivity contribution in [1.82, 2.24) is 5.32 Å². The molecule has 2 N–H and O–H groups in total. The number of nitrogens with one attached hydrogen (secondary N) is 2. The number of anilines is 1. The molecule has 3 aromatic rings. The predicted molar refractivity (Wildman–Crippen MR) is 114 cm³/mol. The zero-order valence-electron chi connectivity index (χ0n) is 16.4. The van der Waals surface area contributed by atoms with E-state index in [2.05, 4.69) is 17.6 Å². The second-order valence-electron chi connectivity index (χ2n) is 6.55. The van der Waals surface area contributed by atoms with Crippen LogP contribution in [0.2, 0.25) is 0 Å². The van der Waals surface area contributed by atoms with Crippen LogP contribution in [-0.4, -0.2) is 18.4 Å². The topological polar surface area (TPSA) is 67.4 Å².